The lowest BCUT2D eigenvalue weighted by molar-refractivity contribution is -0.116. The van der Waals surface area contributed by atoms with Crippen molar-refractivity contribution < 1.29 is 9.53 Å². The number of aromatic nitrogens is 1. The molecule has 27 heavy (non-hydrogen) atoms. The van der Waals surface area contributed by atoms with Crippen LogP contribution in [0.4, 0.5) is 10.8 Å². The third-order valence-corrected chi connectivity index (χ3v) is 6.08. The minimum Gasteiger partial charge on any atom is -0.489 e. The molecule has 8 heteroatoms. The van der Waals surface area contributed by atoms with Crippen LogP contribution in [-0.2, 0) is 4.79 Å². The van der Waals surface area contributed by atoms with Gasteiger partial charge >= 0.3 is 0 Å². The van der Waals surface area contributed by atoms with Gasteiger partial charge in [-0.1, -0.05) is 11.6 Å². The predicted octanol–water partition coefficient (Wildman–Crippen LogP) is 3.71. The fraction of sp³-hybridized carbons (Fsp3) is 0.474. The Morgan fingerprint density at radius 2 is 2.11 bits per heavy atom. The number of ether oxygens (including phenoxy) is 1. The van der Waals surface area contributed by atoms with Gasteiger partial charge < -0.3 is 19.9 Å². The van der Waals surface area contributed by atoms with Crippen molar-refractivity contribution in [1.29, 1.82) is 0 Å². The highest BCUT2D eigenvalue weighted by Crippen LogP contribution is 2.43. The smallest absolute Gasteiger partial charge is 0.224 e. The second-order valence-electron chi connectivity index (χ2n) is 7.08. The second-order valence-corrected chi connectivity index (χ2v) is 8.38. The van der Waals surface area contributed by atoms with E-state index in [0.717, 1.165) is 42.3 Å². The van der Waals surface area contributed by atoms with Crippen molar-refractivity contribution in [1.82, 2.24) is 9.88 Å². The number of fused-ring (bicyclic) bond motifs is 1. The molecule has 4 rings (SSSR count). The summed E-state index contributed by atoms with van der Waals surface area (Å²) in [6.45, 7) is 4.76. The first-order chi connectivity index (χ1) is 13.0. The molecule has 0 unspecified atom stereocenters. The first-order valence-electron chi connectivity index (χ1n) is 9.16. The van der Waals surface area contributed by atoms with E-state index in [2.05, 4.69) is 17.3 Å². The summed E-state index contributed by atoms with van der Waals surface area (Å²) in [4.78, 5) is 20.8. The van der Waals surface area contributed by atoms with Crippen molar-refractivity contribution >= 4 is 39.7 Å². The maximum atomic E-state index is 12.0. The van der Waals surface area contributed by atoms with Crippen LogP contribution in [-0.4, -0.2) is 55.1 Å². The van der Waals surface area contributed by atoms with E-state index < -0.39 is 0 Å². The second kappa shape index (κ2) is 7.66. The number of hydrogen-bond acceptors (Lipinski definition) is 6. The highest BCUT2D eigenvalue weighted by Gasteiger charge is 2.26. The van der Waals surface area contributed by atoms with Crippen LogP contribution in [0.3, 0.4) is 0 Å². The molecule has 1 aromatic carbocycles. The van der Waals surface area contributed by atoms with Gasteiger partial charge in [0.05, 0.1) is 17.9 Å². The number of carbonyl (C=O) groups is 1. The van der Waals surface area contributed by atoms with Gasteiger partial charge in [-0.3, -0.25) is 4.79 Å². The largest absolute Gasteiger partial charge is 0.489 e. The minimum atomic E-state index is -0.0179. The van der Waals surface area contributed by atoms with E-state index in [1.54, 1.807) is 29.2 Å². The van der Waals surface area contributed by atoms with Gasteiger partial charge in [-0.2, -0.15) is 0 Å². The molecule has 2 aliphatic heterocycles. The van der Waals surface area contributed by atoms with Crippen LogP contribution >= 0.6 is 22.9 Å². The highest BCUT2D eigenvalue weighted by atomic mass is 35.5. The number of amides is 1. The van der Waals surface area contributed by atoms with Crippen LogP contribution in [0.2, 0.25) is 5.02 Å². The lowest BCUT2D eigenvalue weighted by Crippen LogP contribution is -2.36. The van der Waals surface area contributed by atoms with Gasteiger partial charge in [0.2, 0.25) is 5.91 Å². The molecule has 3 heterocycles. The predicted molar refractivity (Wildman–Crippen MR) is 110 cm³/mol. The van der Waals surface area contributed by atoms with Crippen molar-refractivity contribution in [2.45, 2.75) is 25.8 Å². The number of rotatable bonds is 3. The van der Waals surface area contributed by atoms with E-state index >= 15 is 0 Å². The van der Waals surface area contributed by atoms with Crippen LogP contribution in [0, 0.1) is 0 Å². The van der Waals surface area contributed by atoms with Crippen LogP contribution in [0.25, 0.3) is 11.3 Å². The summed E-state index contributed by atoms with van der Waals surface area (Å²) in [7, 11) is 2.16. The number of nitrogens with one attached hydrogen (secondary N) is 1. The zero-order chi connectivity index (χ0) is 19.0. The summed E-state index contributed by atoms with van der Waals surface area (Å²) in [6.07, 6.45) is 2.24. The van der Waals surface area contributed by atoms with Crippen LogP contribution < -0.4 is 15.0 Å². The maximum absolute atomic E-state index is 12.0. The normalized spacial score (nSPS) is 18.1. The van der Waals surface area contributed by atoms with Gasteiger partial charge in [-0.15, -0.1) is 11.3 Å². The standard InChI is InChI=1S/C19H23ClN4O2S/c1-12(25)24-7-8-26-18-15(9-13(20)10-17(18)24)16-11-27-19(22-16)21-14-3-5-23(2)6-4-14/h9-11,14H,3-8H2,1-2H3,(H,21,22). The fourth-order valence-electron chi connectivity index (χ4n) is 3.60. The number of halogens is 1. The Morgan fingerprint density at radius 1 is 1.33 bits per heavy atom. The molecule has 0 aliphatic carbocycles. The van der Waals surface area contributed by atoms with E-state index in [0.29, 0.717) is 35.7 Å². The molecule has 1 fully saturated rings. The summed E-state index contributed by atoms with van der Waals surface area (Å²) in [5, 5.41) is 7.05. The molecule has 6 nitrogen and oxygen atoms in total. The molecule has 1 aromatic heterocycles. The molecular formula is C19H23ClN4O2S. The minimum absolute atomic E-state index is 0.0179. The first kappa shape index (κ1) is 18.5. The quantitative estimate of drug-likeness (QED) is 0.841. The third kappa shape index (κ3) is 3.90. The molecule has 0 atom stereocenters. The highest BCUT2D eigenvalue weighted by molar-refractivity contribution is 7.14. The van der Waals surface area contributed by atoms with Gasteiger partial charge in [-0.25, -0.2) is 4.98 Å². The van der Waals surface area contributed by atoms with Crippen LogP contribution in [0.1, 0.15) is 19.8 Å². The fourth-order valence-corrected chi connectivity index (χ4v) is 4.60. The van der Waals surface area contributed by atoms with Crippen molar-refractivity contribution in [2.24, 2.45) is 0 Å². The van der Waals surface area contributed by atoms with E-state index in [9.17, 15) is 4.79 Å². The zero-order valence-electron chi connectivity index (χ0n) is 15.5. The summed E-state index contributed by atoms with van der Waals surface area (Å²) >= 11 is 7.93. The van der Waals surface area contributed by atoms with Gasteiger partial charge in [-0.05, 0) is 45.1 Å². The van der Waals surface area contributed by atoms with E-state index in [-0.39, 0.29) is 5.91 Å². The Kier molecular flexibility index (Phi) is 5.25. The van der Waals surface area contributed by atoms with Crippen LogP contribution in [0.5, 0.6) is 5.75 Å². The molecule has 0 spiro atoms. The summed E-state index contributed by atoms with van der Waals surface area (Å²) in [6, 6.07) is 4.10. The van der Waals surface area contributed by atoms with E-state index in [1.165, 1.54) is 0 Å². The molecule has 1 N–H and O–H groups in total. The lowest BCUT2D eigenvalue weighted by Gasteiger charge is -2.30. The summed E-state index contributed by atoms with van der Waals surface area (Å²) < 4.78 is 5.90. The first-order valence-corrected chi connectivity index (χ1v) is 10.4. The Hall–Kier alpha value is -1.83. The topological polar surface area (TPSA) is 57.7 Å². The van der Waals surface area contributed by atoms with E-state index in [4.69, 9.17) is 21.3 Å². The number of likely N-dealkylation sites (tertiary alicyclic amines) is 1. The average molecular weight is 407 g/mol. The van der Waals surface area contributed by atoms with Gasteiger partial charge in [0, 0.05) is 28.9 Å². The molecular weight excluding hydrogens is 384 g/mol. The molecule has 0 saturated carbocycles. The Balaban J connectivity index is 1.61. The summed E-state index contributed by atoms with van der Waals surface area (Å²) in [5.41, 5.74) is 2.37. The average Bonchev–Trinajstić information content (AvgIpc) is 3.10. The molecule has 0 bridgehead atoms. The lowest BCUT2D eigenvalue weighted by atomic mass is 10.1. The van der Waals surface area contributed by atoms with Gasteiger partial charge in [0.1, 0.15) is 6.61 Å². The number of carbonyl (C=O) groups excluding carboxylic acids is 1. The molecule has 2 aromatic rings. The molecule has 2 aliphatic rings. The number of hydrogen-bond donors (Lipinski definition) is 1. The van der Waals surface area contributed by atoms with Gasteiger partial charge in [0.25, 0.3) is 0 Å². The number of benzene rings is 1. The number of thiazole rings is 1. The third-order valence-electron chi connectivity index (χ3n) is 5.09. The maximum Gasteiger partial charge on any atom is 0.224 e. The van der Waals surface area contributed by atoms with Crippen LogP contribution in [0.15, 0.2) is 17.5 Å². The number of anilines is 2. The van der Waals surface area contributed by atoms with Gasteiger partial charge in [0.15, 0.2) is 10.9 Å². The van der Waals surface area contributed by atoms with Crippen molar-refractivity contribution in [3.63, 3.8) is 0 Å². The Bertz CT molecular complexity index is 848. The van der Waals surface area contributed by atoms with Crippen molar-refractivity contribution in [2.75, 3.05) is 43.5 Å². The zero-order valence-corrected chi connectivity index (χ0v) is 17.1. The Labute approximate surface area is 168 Å². The van der Waals surface area contributed by atoms with Crippen molar-refractivity contribution in [3.8, 4) is 17.0 Å². The number of nitrogens with zero attached hydrogens (tertiary/aromatic N) is 3. The van der Waals surface area contributed by atoms with Crippen molar-refractivity contribution in [3.05, 3.63) is 22.5 Å². The number of piperidine rings is 1. The monoisotopic (exact) mass is 406 g/mol. The molecule has 1 saturated heterocycles. The molecule has 144 valence electrons. The Morgan fingerprint density at radius 3 is 2.85 bits per heavy atom. The molecule has 0 radical (unpaired) electrons. The SMILES string of the molecule is CC(=O)N1CCOc2c(-c3csc(NC4CCN(C)CC4)n3)cc(Cl)cc21. The van der Waals surface area contributed by atoms with E-state index in [1.807, 2.05) is 11.4 Å². The molecule has 1 amide bonds. The summed E-state index contributed by atoms with van der Waals surface area (Å²) in [5.74, 6) is 0.660.